The summed E-state index contributed by atoms with van der Waals surface area (Å²) in [5, 5.41) is 12.5. The van der Waals surface area contributed by atoms with Gasteiger partial charge in [-0.05, 0) is 45.4 Å². The summed E-state index contributed by atoms with van der Waals surface area (Å²) in [6.45, 7) is 6.63. The first-order valence-electron chi connectivity index (χ1n) is 6.75. The molecule has 4 nitrogen and oxygen atoms in total. The van der Waals surface area contributed by atoms with Crippen LogP contribution in [0.4, 0.5) is 18.0 Å². The van der Waals surface area contributed by atoms with E-state index in [1.54, 1.807) is 20.8 Å². The Bertz CT molecular complexity index is 506. The third-order valence-electron chi connectivity index (χ3n) is 2.80. The van der Waals surface area contributed by atoms with Gasteiger partial charge in [0.25, 0.3) is 0 Å². The number of nitrogens with one attached hydrogen (secondary N) is 1. The Morgan fingerprint density at radius 3 is 2.09 bits per heavy atom. The monoisotopic (exact) mass is 319 g/mol. The standard InChI is InChI=1S/C15H20F3NO3/c1-9(19-13(21)22-14(2,3)4)12(20)10-5-7-11(8-6-10)15(16,17)18/h5-9,12,20H,1-4H3,(H,19,21). The van der Waals surface area contributed by atoms with E-state index in [0.717, 1.165) is 12.1 Å². The zero-order chi connectivity index (χ0) is 17.1. The minimum absolute atomic E-state index is 0.275. The fourth-order valence-electron chi connectivity index (χ4n) is 1.73. The molecule has 0 saturated carbocycles. The predicted molar refractivity (Wildman–Crippen MR) is 75.2 cm³/mol. The predicted octanol–water partition coefficient (Wildman–Crippen LogP) is 3.65. The maximum atomic E-state index is 12.5. The van der Waals surface area contributed by atoms with Gasteiger partial charge in [-0.3, -0.25) is 0 Å². The van der Waals surface area contributed by atoms with Crippen LogP contribution in [0.1, 0.15) is 44.9 Å². The molecular weight excluding hydrogens is 299 g/mol. The fourth-order valence-corrected chi connectivity index (χ4v) is 1.73. The van der Waals surface area contributed by atoms with Crippen molar-refractivity contribution in [2.75, 3.05) is 0 Å². The quantitative estimate of drug-likeness (QED) is 0.894. The molecule has 0 fully saturated rings. The van der Waals surface area contributed by atoms with E-state index in [-0.39, 0.29) is 5.56 Å². The van der Waals surface area contributed by atoms with Crippen LogP contribution in [0.5, 0.6) is 0 Å². The lowest BCUT2D eigenvalue weighted by molar-refractivity contribution is -0.137. The van der Waals surface area contributed by atoms with Gasteiger partial charge in [0.1, 0.15) is 5.60 Å². The van der Waals surface area contributed by atoms with Gasteiger partial charge in [0, 0.05) is 0 Å². The number of benzene rings is 1. The van der Waals surface area contributed by atoms with Crippen LogP contribution in [0.2, 0.25) is 0 Å². The zero-order valence-electron chi connectivity index (χ0n) is 12.9. The first kappa shape index (κ1) is 18.3. The van der Waals surface area contributed by atoms with Gasteiger partial charge in [0.2, 0.25) is 0 Å². The molecule has 1 amide bonds. The number of carbonyl (C=O) groups is 1. The van der Waals surface area contributed by atoms with E-state index in [9.17, 15) is 23.1 Å². The maximum Gasteiger partial charge on any atom is 0.416 e. The molecule has 0 radical (unpaired) electrons. The van der Waals surface area contributed by atoms with Gasteiger partial charge in [0.15, 0.2) is 0 Å². The topological polar surface area (TPSA) is 58.6 Å². The van der Waals surface area contributed by atoms with Crippen LogP contribution in [-0.4, -0.2) is 22.8 Å². The molecule has 0 aromatic heterocycles. The minimum atomic E-state index is -4.43. The highest BCUT2D eigenvalue weighted by molar-refractivity contribution is 5.68. The van der Waals surface area contributed by atoms with Crippen molar-refractivity contribution in [2.45, 2.75) is 51.6 Å². The molecule has 0 heterocycles. The third kappa shape index (κ3) is 5.55. The molecule has 1 rings (SSSR count). The van der Waals surface area contributed by atoms with E-state index in [0.29, 0.717) is 0 Å². The van der Waals surface area contributed by atoms with E-state index in [1.807, 2.05) is 0 Å². The summed E-state index contributed by atoms with van der Waals surface area (Å²) in [6.07, 6.45) is -6.27. The van der Waals surface area contributed by atoms with Gasteiger partial charge in [0.05, 0.1) is 17.7 Å². The largest absolute Gasteiger partial charge is 0.444 e. The Morgan fingerprint density at radius 1 is 1.18 bits per heavy atom. The lowest BCUT2D eigenvalue weighted by Gasteiger charge is -2.24. The molecule has 0 spiro atoms. The number of alkyl carbamates (subject to hydrolysis) is 1. The molecule has 0 aliphatic carbocycles. The number of hydrogen-bond acceptors (Lipinski definition) is 3. The normalized spacial score (nSPS) is 15.1. The summed E-state index contributed by atoms with van der Waals surface area (Å²) < 4.78 is 42.5. The van der Waals surface area contributed by atoms with Gasteiger partial charge in [-0.15, -0.1) is 0 Å². The van der Waals surface area contributed by atoms with Crippen molar-refractivity contribution in [2.24, 2.45) is 0 Å². The Labute approximate surface area is 127 Å². The Morgan fingerprint density at radius 2 is 1.68 bits per heavy atom. The zero-order valence-corrected chi connectivity index (χ0v) is 12.9. The summed E-state index contributed by atoms with van der Waals surface area (Å²) in [7, 11) is 0. The lowest BCUT2D eigenvalue weighted by Crippen LogP contribution is -2.40. The number of alkyl halides is 3. The summed E-state index contributed by atoms with van der Waals surface area (Å²) in [6, 6.07) is 3.42. The van der Waals surface area contributed by atoms with E-state index in [2.05, 4.69) is 5.32 Å². The van der Waals surface area contributed by atoms with E-state index < -0.39 is 35.6 Å². The van der Waals surface area contributed by atoms with Crippen molar-refractivity contribution >= 4 is 6.09 Å². The number of ether oxygens (including phenoxy) is 1. The second-order valence-electron chi connectivity index (χ2n) is 6.00. The van der Waals surface area contributed by atoms with Crippen LogP contribution >= 0.6 is 0 Å². The first-order valence-corrected chi connectivity index (χ1v) is 6.75. The second kappa shape index (κ2) is 6.56. The number of aliphatic hydroxyl groups is 1. The number of carbonyl (C=O) groups excluding carboxylic acids is 1. The van der Waals surface area contributed by atoms with Crippen LogP contribution in [0.3, 0.4) is 0 Å². The smallest absolute Gasteiger partial charge is 0.416 e. The molecule has 22 heavy (non-hydrogen) atoms. The minimum Gasteiger partial charge on any atom is -0.444 e. The fraction of sp³-hybridized carbons (Fsp3) is 0.533. The van der Waals surface area contributed by atoms with Gasteiger partial charge >= 0.3 is 12.3 Å². The van der Waals surface area contributed by atoms with E-state index in [1.165, 1.54) is 19.1 Å². The van der Waals surface area contributed by atoms with Crippen molar-refractivity contribution in [1.82, 2.24) is 5.32 Å². The number of halogens is 3. The summed E-state index contributed by atoms with van der Waals surface area (Å²) >= 11 is 0. The molecule has 2 unspecified atom stereocenters. The van der Waals surface area contributed by atoms with Crippen molar-refractivity contribution < 1.29 is 27.8 Å². The van der Waals surface area contributed by atoms with E-state index >= 15 is 0 Å². The van der Waals surface area contributed by atoms with Gasteiger partial charge < -0.3 is 15.2 Å². The summed E-state index contributed by atoms with van der Waals surface area (Å²) in [5.41, 5.74) is -1.20. The molecule has 2 atom stereocenters. The average molecular weight is 319 g/mol. The number of hydrogen-bond donors (Lipinski definition) is 2. The van der Waals surface area contributed by atoms with Crippen molar-refractivity contribution in [1.29, 1.82) is 0 Å². The average Bonchev–Trinajstić information content (AvgIpc) is 2.34. The van der Waals surface area contributed by atoms with Gasteiger partial charge in [-0.1, -0.05) is 12.1 Å². The Kier molecular flexibility index (Phi) is 5.45. The number of rotatable bonds is 3. The lowest BCUT2D eigenvalue weighted by atomic mass is 10.0. The van der Waals surface area contributed by atoms with Gasteiger partial charge in [-0.25, -0.2) is 4.79 Å². The van der Waals surface area contributed by atoms with Crippen LogP contribution in [0.15, 0.2) is 24.3 Å². The SMILES string of the molecule is CC(NC(=O)OC(C)(C)C)C(O)c1ccc(C(F)(F)F)cc1. The molecule has 1 aromatic rings. The molecular formula is C15H20F3NO3. The van der Waals surface area contributed by atoms with Crippen LogP contribution in [0, 0.1) is 0 Å². The number of amides is 1. The molecule has 2 N–H and O–H groups in total. The molecule has 0 aliphatic heterocycles. The highest BCUT2D eigenvalue weighted by Gasteiger charge is 2.30. The molecule has 0 bridgehead atoms. The maximum absolute atomic E-state index is 12.5. The van der Waals surface area contributed by atoms with Crippen LogP contribution < -0.4 is 5.32 Å². The van der Waals surface area contributed by atoms with Crippen LogP contribution in [-0.2, 0) is 10.9 Å². The van der Waals surface area contributed by atoms with Crippen molar-refractivity contribution in [3.8, 4) is 0 Å². The number of aliphatic hydroxyl groups excluding tert-OH is 1. The first-order chi connectivity index (χ1) is 9.90. The second-order valence-corrected chi connectivity index (χ2v) is 6.00. The molecule has 0 saturated heterocycles. The molecule has 0 aliphatic rings. The Hall–Kier alpha value is -1.76. The van der Waals surface area contributed by atoms with E-state index in [4.69, 9.17) is 4.74 Å². The summed E-state index contributed by atoms with van der Waals surface area (Å²) in [4.78, 5) is 11.6. The molecule has 7 heteroatoms. The van der Waals surface area contributed by atoms with Crippen molar-refractivity contribution in [3.63, 3.8) is 0 Å². The van der Waals surface area contributed by atoms with Gasteiger partial charge in [-0.2, -0.15) is 13.2 Å². The molecule has 124 valence electrons. The third-order valence-corrected chi connectivity index (χ3v) is 2.80. The van der Waals surface area contributed by atoms with Crippen LogP contribution in [0.25, 0.3) is 0 Å². The summed E-state index contributed by atoms with van der Waals surface area (Å²) in [5.74, 6) is 0. The highest BCUT2D eigenvalue weighted by atomic mass is 19.4. The molecule has 1 aromatic carbocycles. The van der Waals surface area contributed by atoms with Crippen molar-refractivity contribution in [3.05, 3.63) is 35.4 Å². The Balaban J connectivity index is 2.71. The highest BCUT2D eigenvalue weighted by Crippen LogP contribution is 2.30.